The Bertz CT molecular complexity index is 657. The molecule has 3 rings (SSSR count). The van der Waals surface area contributed by atoms with E-state index in [9.17, 15) is 8.42 Å². The number of benzene rings is 1. The van der Waals surface area contributed by atoms with Crippen LogP contribution in [-0.2, 0) is 21.3 Å². The van der Waals surface area contributed by atoms with Gasteiger partial charge in [0, 0.05) is 32.2 Å². The number of hydrogen-bond acceptors (Lipinski definition) is 5. The number of ether oxygens (including phenoxy) is 1. The summed E-state index contributed by atoms with van der Waals surface area (Å²) in [6, 6.07) is 7.78. The smallest absolute Gasteiger partial charge is 0.240 e. The molecular weight excluding hydrogens is 350 g/mol. The molecule has 1 atom stereocenters. The first kappa shape index (κ1) is 19.8. The summed E-state index contributed by atoms with van der Waals surface area (Å²) in [5.41, 5.74) is 1.12. The predicted octanol–water partition coefficient (Wildman–Crippen LogP) is 1.72. The van der Waals surface area contributed by atoms with Crippen molar-refractivity contribution in [3.8, 4) is 0 Å². The van der Waals surface area contributed by atoms with Crippen molar-refractivity contribution in [1.29, 1.82) is 0 Å². The van der Waals surface area contributed by atoms with Crippen LogP contribution in [0.25, 0.3) is 0 Å². The maximum Gasteiger partial charge on any atom is 0.240 e. The quantitative estimate of drug-likeness (QED) is 0.717. The van der Waals surface area contributed by atoms with E-state index in [1.807, 2.05) is 12.1 Å². The van der Waals surface area contributed by atoms with Crippen LogP contribution < -0.4 is 10.0 Å². The van der Waals surface area contributed by atoms with E-state index in [1.165, 1.54) is 25.7 Å². The molecule has 0 spiro atoms. The molecule has 2 aliphatic rings. The summed E-state index contributed by atoms with van der Waals surface area (Å²) in [4.78, 5) is 2.58. The SMILES string of the molecule is CCN1CCO[C@H](CNS(=O)(=O)c2ccc(CNC3CCCC3)cc2)C1. The van der Waals surface area contributed by atoms with Crippen molar-refractivity contribution in [3.05, 3.63) is 29.8 Å². The molecule has 26 heavy (non-hydrogen) atoms. The summed E-state index contributed by atoms with van der Waals surface area (Å²) in [6.45, 7) is 6.51. The molecule has 2 fully saturated rings. The van der Waals surface area contributed by atoms with Gasteiger partial charge in [0.15, 0.2) is 0 Å². The lowest BCUT2D eigenvalue weighted by molar-refractivity contribution is -0.0229. The zero-order chi connectivity index (χ0) is 18.4. The molecule has 2 N–H and O–H groups in total. The lowest BCUT2D eigenvalue weighted by Crippen LogP contribution is -2.47. The predicted molar refractivity (Wildman–Crippen MR) is 103 cm³/mol. The second-order valence-corrected chi connectivity index (χ2v) is 9.01. The van der Waals surface area contributed by atoms with Gasteiger partial charge in [-0.2, -0.15) is 0 Å². The molecule has 146 valence electrons. The molecule has 0 radical (unpaired) electrons. The molecular formula is C19H31N3O3S. The molecule has 1 aliphatic carbocycles. The largest absolute Gasteiger partial charge is 0.374 e. The van der Waals surface area contributed by atoms with Gasteiger partial charge in [-0.15, -0.1) is 0 Å². The van der Waals surface area contributed by atoms with E-state index in [-0.39, 0.29) is 6.10 Å². The van der Waals surface area contributed by atoms with E-state index in [2.05, 4.69) is 21.9 Å². The Labute approximate surface area is 157 Å². The summed E-state index contributed by atoms with van der Waals surface area (Å²) in [7, 11) is -3.50. The first-order valence-electron chi connectivity index (χ1n) is 9.73. The maximum atomic E-state index is 12.5. The molecule has 1 aliphatic heterocycles. The van der Waals surface area contributed by atoms with Crippen molar-refractivity contribution in [2.75, 3.05) is 32.8 Å². The molecule has 0 unspecified atom stereocenters. The zero-order valence-corrected chi connectivity index (χ0v) is 16.4. The van der Waals surface area contributed by atoms with Crippen molar-refractivity contribution in [2.24, 2.45) is 0 Å². The highest BCUT2D eigenvalue weighted by Crippen LogP contribution is 2.18. The Balaban J connectivity index is 1.50. The molecule has 0 aromatic heterocycles. The van der Waals surface area contributed by atoms with Crippen LogP contribution in [0.4, 0.5) is 0 Å². The van der Waals surface area contributed by atoms with Gasteiger partial charge < -0.3 is 10.1 Å². The Morgan fingerprint density at radius 3 is 2.62 bits per heavy atom. The fourth-order valence-electron chi connectivity index (χ4n) is 3.66. The highest BCUT2D eigenvalue weighted by molar-refractivity contribution is 7.89. The Morgan fingerprint density at radius 1 is 1.19 bits per heavy atom. The van der Waals surface area contributed by atoms with Crippen LogP contribution in [0.1, 0.15) is 38.2 Å². The van der Waals surface area contributed by atoms with E-state index in [0.717, 1.165) is 31.7 Å². The van der Waals surface area contributed by atoms with E-state index in [1.54, 1.807) is 12.1 Å². The van der Waals surface area contributed by atoms with Gasteiger partial charge in [-0.25, -0.2) is 13.1 Å². The number of morpholine rings is 1. The maximum absolute atomic E-state index is 12.5. The fourth-order valence-corrected chi connectivity index (χ4v) is 4.72. The summed E-state index contributed by atoms with van der Waals surface area (Å²) in [6.07, 6.45) is 5.01. The molecule has 6 nitrogen and oxygen atoms in total. The molecule has 7 heteroatoms. The average molecular weight is 382 g/mol. The second kappa shape index (κ2) is 9.28. The molecule has 1 saturated heterocycles. The topological polar surface area (TPSA) is 70.7 Å². The minimum Gasteiger partial charge on any atom is -0.374 e. The van der Waals surface area contributed by atoms with Crippen molar-refractivity contribution in [3.63, 3.8) is 0 Å². The van der Waals surface area contributed by atoms with Gasteiger partial charge in [-0.3, -0.25) is 4.90 Å². The van der Waals surface area contributed by atoms with Crippen LogP contribution in [0, 0.1) is 0 Å². The van der Waals surface area contributed by atoms with Gasteiger partial charge in [0.05, 0.1) is 17.6 Å². The summed E-state index contributed by atoms with van der Waals surface area (Å²) in [5.74, 6) is 0. The van der Waals surface area contributed by atoms with Gasteiger partial charge in [-0.1, -0.05) is 31.9 Å². The van der Waals surface area contributed by atoms with E-state index in [0.29, 0.717) is 24.1 Å². The van der Waals surface area contributed by atoms with Crippen molar-refractivity contribution >= 4 is 10.0 Å². The number of sulfonamides is 1. The van der Waals surface area contributed by atoms with Crippen LogP contribution in [0.15, 0.2) is 29.2 Å². The number of hydrogen-bond donors (Lipinski definition) is 2. The van der Waals surface area contributed by atoms with Crippen LogP contribution in [0.5, 0.6) is 0 Å². The van der Waals surface area contributed by atoms with Gasteiger partial charge in [-0.05, 0) is 37.1 Å². The molecule has 0 bridgehead atoms. The first-order valence-corrected chi connectivity index (χ1v) is 11.2. The number of nitrogens with zero attached hydrogens (tertiary/aromatic N) is 1. The van der Waals surface area contributed by atoms with Crippen molar-refractivity contribution in [1.82, 2.24) is 14.9 Å². The minimum absolute atomic E-state index is 0.0895. The normalized spacial score (nSPS) is 22.7. The Hall–Kier alpha value is -0.990. The summed E-state index contributed by atoms with van der Waals surface area (Å²) >= 11 is 0. The molecule has 1 heterocycles. The lowest BCUT2D eigenvalue weighted by atomic mass is 10.2. The zero-order valence-electron chi connectivity index (χ0n) is 15.6. The van der Waals surface area contributed by atoms with E-state index < -0.39 is 10.0 Å². The molecule has 1 aromatic rings. The fraction of sp³-hybridized carbons (Fsp3) is 0.684. The summed E-state index contributed by atoms with van der Waals surface area (Å²) in [5, 5.41) is 3.55. The third kappa shape index (κ3) is 5.50. The van der Waals surface area contributed by atoms with Gasteiger partial charge in [0.25, 0.3) is 0 Å². The van der Waals surface area contributed by atoms with Crippen LogP contribution in [-0.4, -0.2) is 58.2 Å². The number of nitrogens with one attached hydrogen (secondary N) is 2. The Morgan fingerprint density at radius 2 is 1.92 bits per heavy atom. The molecule has 1 aromatic carbocycles. The number of likely N-dealkylation sites (N-methyl/N-ethyl adjacent to an activating group) is 1. The van der Waals surface area contributed by atoms with Crippen LogP contribution in [0.2, 0.25) is 0 Å². The Kier molecular flexibility index (Phi) is 7.05. The third-order valence-electron chi connectivity index (χ3n) is 5.35. The van der Waals surface area contributed by atoms with Crippen LogP contribution in [0.3, 0.4) is 0 Å². The van der Waals surface area contributed by atoms with Crippen molar-refractivity contribution < 1.29 is 13.2 Å². The van der Waals surface area contributed by atoms with E-state index >= 15 is 0 Å². The summed E-state index contributed by atoms with van der Waals surface area (Å²) < 4.78 is 33.4. The molecule has 1 saturated carbocycles. The third-order valence-corrected chi connectivity index (χ3v) is 6.79. The van der Waals surface area contributed by atoms with Gasteiger partial charge in [0.1, 0.15) is 0 Å². The second-order valence-electron chi connectivity index (χ2n) is 7.24. The highest BCUT2D eigenvalue weighted by Gasteiger charge is 2.22. The van der Waals surface area contributed by atoms with Crippen LogP contribution >= 0.6 is 0 Å². The minimum atomic E-state index is -3.50. The van der Waals surface area contributed by atoms with Crippen molar-refractivity contribution in [2.45, 2.75) is 56.2 Å². The monoisotopic (exact) mass is 381 g/mol. The standard InChI is InChI=1S/C19H31N3O3S/c1-2-22-11-12-25-18(15-22)14-21-26(23,24)19-9-7-16(8-10-19)13-20-17-5-3-4-6-17/h7-10,17-18,20-21H,2-6,11-15H2,1H3/t18-/m1/s1. The average Bonchev–Trinajstić information content (AvgIpc) is 3.19. The first-order chi connectivity index (χ1) is 12.6. The number of rotatable bonds is 8. The highest BCUT2D eigenvalue weighted by atomic mass is 32.2. The lowest BCUT2D eigenvalue weighted by Gasteiger charge is -2.32. The van der Waals surface area contributed by atoms with E-state index in [4.69, 9.17) is 4.74 Å². The molecule has 0 amide bonds. The van der Waals surface area contributed by atoms with Gasteiger partial charge in [0.2, 0.25) is 10.0 Å². The van der Waals surface area contributed by atoms with Gasteiger partial charge >= 0.3 is 0 Å².